The van der Waals surface area contributed by atoms with Crippen LogP contribution in [-0.2, 0) is 9.13 Å². The van der Waals surface area contributed by atoms with Gasteiger partial charge in [0.1, 0.15) is 16.9 Å². The second-order valence-corrected chi connectivity index (χ2v) is 14.0. The summed E-state index contributed by atoms with van der Waals surface area (Å²) in [6, 6.07) is 30.5. The van der Waals surface area contributed by atoms with Crippen molar-refractivity contribution in [1.82, 2.24) is 0 Å². The van der Waals surface area contributed by atoms with Crippen LogP contribution in [-0.4, -0.2) is 5.40 Å². The fourth-order valence-corrected chi connectivity index (χ4v) is 12.6. The van der Waals surface area contributed by atoms with Gasteiger partial charge in [-0.2, -0.15) is 0 Å². The maximum absolute atomic E-state index is 15.1. The van der Waals surface area contributed by atoms with E-state index in [1.165, 1.54) is 0 Å². The van der Waals surface area contributed by atoms with Gasteiger partial charge in [-0.15, -0.1) is 0 Å². The van der Waals surface area contributed by atoms with E-state index in [1.54, 1.807) is 0 Å². The van der Waals surface area contributed by atoms with E-state index in [0.717, 1.165) is 22.3 Å². The molecule has 34 heavy (non-hydrogen) atoms. The first-order valence-corrected chi connectivity index (χ1v) is 14.9. The van der Waals surface area contributed by atoms with Crippen LogP contribution in [0.15, 0.2) is 97.1 Å². The minimum absolute atomic E-state index is 0.446. The summed E-state index contributed by atoms with van der Waals surface area (Å²) in [6.07, 6.45) is 1.14. The van der Waals surface area contributed by atoms with E-state index >= 15 is 9.13 Å². The molecule has 2 unspecified atom stereocenters. The molecule has 6 rings (SSSR count). The number of benzene rings is 4. The molecule has 2 heterocycles. The van der Waals surface area contributed by atoms with Crippen molar-refractivity contribution in [1.29, 1.82) is 0 Å². The lowest BCUT2D eigenvalue weighted by atomic mass is 10.0. The SMILES string of the molecule is CCCC(P1(=O)Oc2ccccc2-c2ccccc21)P1(=O)Oc2ccccc2-c2ccccc21. The van der Waals surface area contributed by atoms with Crippen LogP contribution < -0.4 is 19.7 Å². The second-order valence-electron chi connectivity index (χ2n) is 8.67. The number of rotatable bonds is 4. The quantitative estimate of drug-likeness (QED) is 0.281. The van der Waals surface area contributed by atoms with Gasteiger partial charge in [-0.25, -0.2) is 0 Å². The Hall–Kier alpha value is -3.06. The van der Waals surface area contributed by atoms with Gasteiger partial charge < -0.3 is 9.05 Å². The molecule has 0 bridgehead atoms. The van der Waals surface area contributed by atoms with E-state index in [1.807, 2.05) is 104 Å². The summed E-state index contributed by atoms with van der Waals surface area (Å²) in [5, 5.41) is 0.415. The van der Waals surface area contributed by atoms with Crippen LogP contribution in [0.5, 0.6) is 11.5 Å². The third kappa shape index (κ3) is 3.06. The third-order valence-corrected chi connectivity index (χ3v) is 13.6. The summed E-state index contributed by atoms with van der Waals surface area (Å²) in [5.74, 6) is 1.12. The van der Waals surface area contributed by atoms with Gasteiger partial charge in [0.15, 0.2) is 0 Å². The fourth-order valence-electron chi connectivity index (χ4n) is 5.12. The molecule has 2 atom stereocenters. The zero-order valence-electron chi connectivity index (χ0n) is 18.8. The average molecular weight is 486 g/mol. The molecular formula is C28H24O4P2. The smallest absolute Gasteiger partial charge is 0.291 e. The normalized spacial score (nSPS) is 22.7. The molecule has 0 radical (unpaired) electrons. The van der Waals surface area contributed by atoms with Crippen LogP contribution in [0.4, 0.5) is 0 Å². The molecule has 6 heteroatoms. The van der Waals surface area contributed by atoms with Gasteiger partial charge in [0, 0.05) is 11.1 Å². The highest BCUT2D eigenvalue weighted by Crippen LogP contribution is 2.72. The topological polar surface area (TPSA) is 52.6 Å². The predicted octanol–water partition coefficient (Wildman–Crippen LogP) is 7.44. The highest BCUT2D eigenvalue weighted by Gasteiger charge is 2.55. The Balaban J connectivity index is 1.60. The molecule has 0 aliphatic carbocycles. The first-order chi connectivity index (χ1) is 16.6. The molecular weight excluding hydrogens is 462 g/mol. The Bertz CT molecular complexity index is 1400. The van der Waals surface area contributed by atoms with Crippen molar-refractivity contribution in [2.45, 2.75) is 25.2 Å². The summed E-state index contributed by atoms with van der Waals surface area (Å²) in [7, 11) is -7.30. The van der Waals surface area contributed by atoms with Crippen molar-refractivity contribution < 1.29 is 18.2 Å². The van der Waals surface area contributed by atoms with Crippen molar-refractivity contribution in [3.63, 3.8) is 0 Å². The van der Waals surface area contributed by atoms with Crippen LogP contribution >= 0.6 is 14.7 Å². The van der Waals surface area contributed by atoms with Crippen molar-refractivity contribution in [2.75, 3.05) is 0 Å². The number of hydrogen-bond donors (Lipinski definition) is 0. The molecule has 0 saturated heterocycles. The third-order valence-electron chi connectivity index (χ3n) is 6.63. The monoisotopic (exact) mass is 486 g/mol. The molecule has 0 aromatic heterocycles. The van der Waals surface area contributed by atoms with E-state index in [-0.39, 0.29) is 0 Å². The lowest BCUT2D eigenvalue weighted by Gasteiger charge is -2.39. The lowest BCUT2D eigenvalue weighted by Crippen LogP contribution is -2.32. The van der Waals surface area contributed by atoms with E-state index < -0.39 is 20.1 Å². The highest BCUT2D eigenvalue weighted by atomic mass is 31.2. The molecule has 2 aliphatic heterocycles. The molecule has 0 spiro atoms. The van der Waals surface area contributed by atoms with Crippen molar-refractivity contribution in [3.05, 3.63) is 97.1 Å². The molecule has 4 aromatic carbocycles. The van der Waals surface area contributed by atoms with E-state index in [2.05, 4.69) is 0 Å². The predicted molar refractivity (Wildman–Crippen MR) is 138 cm³/mol. The zero-order valence-corrected chi connectivity index (χ0v) is 20.5. The maximum Gasteiger partial charge on any atom is 0.291 e. The standard InChI is InChI=1S/C28H24O4P2/c1-2-11-28(33(29)26-18-9-5-14-22(26)20-12-3-7-16-24(20)31-33)34(30)27-19-10-6-15-23(27)21-13-4-8-17-25(21)32-34/h3-10,12-19,28H,2,11H2,1H3. The zero-order chi connectivity index (χ0) is 23.3. The van der Waals surface area contributed by atoms with Gasteiger partial charge >= 0.3 is 0 Å². The van der Waals surface area contributed by atoms with E-state index in [0.29, 0.717) is 34.9 Å². The molecule has 2 aliphatic rings. The van der Waals surface area contributed by atoms with Crippen LogP contribution in [0.25, 0.3) is 22.3 Å². The summed E-state index contributed by atoms with van der Waals surface area (Å²) < 4.78 is 42.9. The maximum atomic E-state index is 15.1. The molecule has 0 saturated carbocycles. The summed E-state index contributed by atoms with van der Waals surface area (Å²) in [6.45, 7) is 2.01. The van der Waals surface area contributed by atoms with Gasteiger partial charge in [-0.05, 0) is 41.8 Å². The van der Waals surface area contributed by atoms with Crippen LogP contribution in [0.3, 0.4) is 0 Å². The Morgan fingerprint density at radius 1 is 0.588 bits per heavy atom. The van der Waals surface area contributed by atoms with Crippen LogP contribution in [0.2, 0.25) is 0 Å². The van der Waals surface area contributed by atoms with Gasteiger partial charge in [0.2, 0.25) is 0 Å². The van der Waals surface area contributed by atoms with Crippen molar-refractivity contribution in [3.8, 4) is 33.8 Å². The van der Waals surface area contributed by atoms with Gasteiger partial charge in [-0.1, -0.05) is 86.1 Å². The minimum atomic E-state index is -3.65. The van der Waals surface area contributed by atoms with Crippen molar-refractivity contribution in [2.24, 2.45) is 0 Å². The van der Waals surface area contributed by atoms with Gasteiger partial charge in [0.25, 0.3) is 14.7 Å². The van der Waals surface area contributed by atoms with Crippen molar-refractivity contribution >= 4 is 25.3 Å². The Morgan fingerprint density at radius 2 is 0.971 bits per heavy atom. The largest absolute Gasteiger partial charge is 0.439 e. The number of para-hydroxylation sites is 2. The van der Waals surface area contributed by atoms with E-state index in [4.69, 9.17) is 9.05 Å². The molecule has 0 N–H and O–H groups in total. The first-order valence-electron chi connectivity index (χ1n) is 11.5. The highest BCUT2D eigenvalue weighted by molar-refractivity contribution is 7.85. The van der Waals surface area contributed by atoms with Crippen LogP contribution in [0, 0.1) is 0 Å². The minimum Gasteiger partial charge on any atom is -0.439 e. The molecule has 0 amide bonds. The molecule has 4 aromatic rings. The average Bonchev–Trinajstić information content (AvgIpc) is 2.87. The number of fused-ring (bicyclic) bond motifs is 6. The Kier molecular flexibility index (Phi) is 5.06. The molecule has 4 nitrogen and oxygen atoms in total. The summed E-state index contributed by atoms with van der Waals surface area (Å²) in [4.78, 5) is 0. The first kappa shape index (κ1) is 21.5. The number of hydrogen-bond acceptors (Lipinski definition) is 4. The molecule has 170 valence electrons. The summed E-state index contributed by atoms with van der Waals surface area (Å²) >= 11 is 0. The Labute approximate surface area is 199 Å². The van der Waals surface area contributed by atoms with Gasteiger partial charge in [-0.3, -0.25) is 9.13 Å². The Morgan fingerprint density at radius 3 is 1.41 bits per heavy atom. The van der Waals surface area contributed by atoms with E-state index in [9.17, 15) is 0 Å². The molecule has 0 fully saturated rings. The van der Waals surface area contributed by atoms with Crippen LogP contribution in [0.1, 0.15) is 19.8 Å². The fraction of sp³-hybridized carbons (Fsp3) is 0.143. The second kappa shape index (κ2) is 8.01. The lowest BCUT2D eigenvalue weighted by molar-refractivity contribution is 0.460. The van der Waals surface area contributed by atoms with Gasteiger partial charge in [0.05, 0.1) is 10.6 Å². The summed E-state index contributed by atoms with van der Waals surface area (Å²) in [5.41, 5.74) is 3.53.